The summed E-state index contributed by atoms with van der Waals surface area (Å²) in [5.74, 6) is 2.40. The van der Waals surface area contributed by atoms with Crippen molar-refractivity contribution in [1.29, 1.82) is 0 Å². The molecule has 1 N–H and O–H groups in total. The summed E-state index contributed by atoms with van der Waals surface area (Å²) in [6.45, 7) is 9.43. The molecule has 1 aromatic carbocycles. The van der Waals surface area contributed by atoms with E-state index in [1.165, 1.54) is 48.6 Å². The topological polar surface area (TPSA) is 15.3 Å². The van der Waals surface area contributed by atoms with Crippen LogP contribution < -0.4 is 5.32 Å². The molecule has 2 nitrogen and oxygen atoms in total. The standard InChI is InChI=1S/C18H28N2S/c1-18(2,3)20-10-8-15(9-11-20)19-17-13-21-12-14-6-4-5-7-16(14)17/h4-7,15,17,19H,8-13H2,1-3H3. The van der Waals surface area contributed by atoms with Gasteiger partial charge in [0.25, 0.3) is 0 Å². The summed E-state index contributed by atoms with van der Waals surface area (Å²) < 4.78 is 0. The zero-order valence-electron chi connectivity index (χ0n) is 13.6. The molecule has 2 heterocycles. The Balaban J connectivity index is 1.59. The number of hydrogen-bond acceptors (Lipinski definition) is 3. The normalized spacial score (nSPS) is 24.8. The van der Waals surface area contributed by atoms with Crippen molar-refractivity contribution in [1.82, 2.24) is 10.2 Å². The van der Waals surface area contributed by atoms with Crippen LogP contribution in [0.15, 0.2) is 24.3 Å². The summed E-state index contributed by atoms with van der Waals surface area (Å²) in [6, 6.07) is 10.2. The lowest BCUT2D eigenvalue weighted by atomic mass is 9.96. The second-order valence-corrected chi connectivity index (χ2v) is 8.40. The lowest BCUT2D eigenvalue weighted by molar-refractivity contribution is 0.0943. The average Bonchev–Trinajstić information content (AvgIpc) is 2.47. The molecule has 0 aliphatic carbocycles. The molecule has 3 rings (SSSR count). The van der Waals surface area contributed by atoms with Gasteiger partial charge >= 0.3 is 0 Å². The molecule has 0 bridgehead atoms. The Labute approximate surface area is 133 Å². The van der Waals surface area contributed by atoms with E-state index in [2.05, 4.69) is 67.0 Å². The summed E-state index contributed by atoms with van der Waals surface area (Å²) >= 11 is 2.07. The highest BCUT2D eigenvalue weighted by atomic mass is 32.2. The lowest BCUT2D eigenvalue weighted by Crippen LogP contribution is -2.50. The Bertz CT molecular complexity index is 472. The van der Waals surface area contributed by atoms with Gasteiger partial charge in [0.2, 0.25) is 0 Å². The fraction of sp³-hybridized carbons (Fsp3) is 0.667. The minimum Gasteiger partial charge on any atom is -0.306 e. The van der Waals surface area contributed by atoms with Gasteiger partial charge in [0.05, 0.1) is 0 Å². The summed E-state index contributed by atoms with van der Waals surface area (Å²) in [4.78, 5) is 2.62. The smallest absolute Gasteiger partial charge is 0.0417 e. The molecule has 1 atom stereocenters. The van der Waals surface area contributed by atoms with Gasteiger partial charge in [-0.3, -0.25) is 4.90 Å². The van der Waals surface area contributed by atoms with Gasteiger partial charge < -0.3 is 5.32 Å². The zero-order valence-corrected chi connectivity index (χ0v) is 14.4. The van der Waals surface area contributed by atoms with Crippen LogP contribution in [-0.4, -0.2) is 35.3 Å². The van der Waals surface area contributed by atoms with Crippen LogP contribution in [0.1, 0.15) is 50.8 Å². The molecule has 1 unspecified atom stereocenters. The number of piperidine rings is 1. The highest BCUT2D eigenvalue weighted by molar-refractivity contribution is 7.98. The van der Waals surface area contributed by atoms with E-state index in [1.54, 1.807) is 0 Å². The molecular weight excluding hydrogens is 276 g/mol. The molecule has 21 heavy (non-hydrogen) atoms. The van der Waals surface area contributed by atoms with Crippen molar-refractivity contribution >= 4 is 11.8 Å². The predicted molar refractivity (Wildman–Crippen MR) is 92.8 cm³/mol. The number of benzene rings is 1. The van der Waals surface area contributed by atoms with Crippen LogP contribution in [0.5, 0.6) is 0 Å². The number of fused-ring (bicyclic) bond motifs is 1. The minimum atomic E-state index is 0.318. The maximum Gasteiger partial charge on any atom is 0.0417 e. The van der Waals surface area contributed by atoms with E-state index < -0.39 is 0 Å². The second kappa shape index (κ2) is 6.31. The molecule has 0 aromatic heterocycles. The summed E-state index contributed by atoms with van der Waals surface area (Å²) in [7, 11) is 0. The van der Waals surface area contributed by atoms with Crippen LogP contribution in [0.25, 0.3) is 0 Å². The van der Waals surface area contributed by atoms with Gasteiger partial charge in [-0.05, 0) is 44.7 Å². The summed E-state index contributed by atoms with van der Waals surface area (Å²) in [6.07, 6.45) is 2.56. The van der Waals surface area contributed by atoms with Crippen molar-refractivity contribution in [2.75, 3.05) is 18.8 Å². The van der Waals surface area contributed by atoms with Gasteiger partial charge in [-0.1, -0.05) is 24.3 Å². The molecule has 3 heteroatoms. The molecule has 116 valence electrons. The molecule has 0 radical (unpaired) electrons. The van der Waals surface area contributed by atoms with Gasteiger partial charge in [0.1, 0.15) is 0 Å². The number of thioether (sulfide) groups is 1. The zero-order chi connectivity index (χ0) is 14.9. The van der Waals surface area contributed by atoms with Crippen LogP contribution in [0.3, 0.4) is 0 Å². The highest BCUT2D eigenvalue weighted by Crippen LogP contribution is 2.32. The largest absolute Gasteiger partial charge is 0.306 e. The van der Waals surface area contributed by atoms with Crippen molar-refractivity contribution in [3.8, 4) is 0 Å². The van der Waals surface area contributed by atoms with Gasteiger partial charge in [-0.25, -0.2) is 0 Å². The number of rotatable bonds is 2. The van der Waals surface area contributed by atoms with Crippen LogP contribution in [-0.2, 0) is 5.75 Å². The average molecular weight is 305 g/mol. The summed E-state index contributed by atoms with van der Waals surface area (Å²) in [5, 5.41) is 3.94. The van der Waals surface area contributed by atoms with E-state index in [9.17, 15) is 0 Å². The van der Waals surface area contributed by atoms with E-state index in [1.807, 2.05) is 0 Å². The Kier molecular flexibility index (Phi) is 4.63. The van der Waals surface area contributed by atoms with Crippen molar-refractivity contribution in [3.05, 3.63) is 35.4 Å². The quantitative estimate of drug-likeness (QED) is 0.894. The lowest BCUT2D eigenvalue weighted by Gasteiger charge is -2.42. The molecule has 2 aliphatic rings. The maximum atomic E-state index is 3.94. The Morgan fingerprint density at radius 2 is 1.86 bits per heavy atom. The molecule has 0 amide bonds. The number of hydrogen-bond donors (Lipinski definition) is 1. The molecule has 0 spiro atoms. The number of nitrogens with one attached hydrogen (secondary N) is 1. The Morgan fingerprint density at radius 1 is 1.14 bits per heavy atom. The molecule has 2 aliphatic heterocycles. The monoisotopic (exact) mass is 304 g/mol. The predicted octanol–water partition coefficient (Wildman–Crippen LogP) is 3.83. The van der Waals surface area contributed by atoms with E-state index in [4.69, 9.17) is 0 Å². The molecule has 0 saturated carbocycles. The van der Waals surface area contributed by atoms with Crippen LogP contribution in [0.2, 0.25) is 0 Å². The minimum absolute atomic E-state index is 0.318. The molecule has 1 saturated heterocycles. The molecular formula is C18H28N2S. The van der Waals surface area contributed by atoms with Crippen LogP contribution >= 0.6 is 11.8 Å². The third kappa shape index (κ3) is 3.64. The van der Waals surface area contributed by atoms with Gasteiger partial charge in [0.15, 0.2) is 0 Å². The van der Waals surface area contributed by atoms with Crippen LogP contribution in [0.4, 0.5) is 0 Å². The fourth-order valence-electron chi connectivity index (χ4n) is 3.52. The number of nitrogens with zero attached hydrogens (tertiary/aromatic N) is 1. The highest BCUT2D eigenvalue weighted by Gasteiger charge is 2.29. The van der Waals surface area contributed by atoms with E-state index in [0.717, 1.165) is 0 Å². The van der Waals surface area contributed by atoms with Crippen molar-refractivity contribution in [2.45, 2.75) is 57.0 Å². The third-order valence-electron chi connectivity index (χ3n) is 4.85. The third-order valence-corrected chi connectivity index (χ3v) is 5.94. The van der Waals surface area contributed by atoms with Gasteiger partial charge in [0, 0.05) is 42.2 Å². The van der Waals surface area contributed by atoms with E-state index in [-0.39, 0.29) is 0 Å². The first-order valence-corrected chi connectivity index (χ1v) is 9.36. The van der Waals surface area contributed by atoms with Crippen molar-refractivity contribution in [3.63, 3.8) is 0 Å². The first kappa shape index (κ1) is 15.4. The first-order chi connectivity index (χ1) is 10.0. The van der Waals surface area contributed by atoms with Crippen LogP contribution in [0, 0.1) is 0 Å². The maximum absolute atomic E-state index is 3.94. The van der Waals surface area contributed by atoms with E-state index in [0.29, 0.717) is 17.6 Å². The Hall–Kier alpha value is -0.510. The second-order valence-electron chi connectivity index (χ2n) is 7.37. The van der Waals surface area contributed by atoms with E-state index >= 15 is 0 Å². The molecule has 1 aromatic rings. The SMILES string of the molecule is CC(C)(C)N1CCC(NC2CSCc3ccccc32)CC1. The fourth-order valence-corrected chi connectivity index (χ4v) is 4.63. The summed E-state index contributed by atoms with van der Waals surface area (Å²) in [5.41, 5.74) is 3.38. The number of likely N-dealkylation sites (tertiary alicyclic amines) is 1. The van der Waals surface area contributed by atoms with Crippen molar-refractivity contribution < 1.29 is 0 Å². The van der Waals surface area contributed by atoms with Gasteiger partial charge in [-0.15, -0.1) is 0 Å². The van der Waals surface area contributed by atoms with Gasteiger partial charge in [-0.2, -0.15) is 11.8 Å². The molecule has 1 fully saturated rings. The first-order valence-electron chi connectivity index (χ1n) is 8.21. The Morgan fingerprint density at radius 3 is 2.57 bits per heavy atom. The van der Waals surface area contributed by atoms with Crippen molar-refractivity contribution in [2.24, 2.45) is 0 Å².